The Morgan fingerprint density at radius 1 is 0.720 bits per heavy atom. The summed E-state index contributed by atoms with van der Waals surface area (Å²) < 4.78 is 35.8. The Balaban J connectivity index is 1.25. The fourth-order valence-electron chi connectivity index (χ4n) is 5.39. The first-order valence-electron chi connectivity index (χ1n) is 15.4. The van der Waals surface area contributed by atoms with E-state index in [1.807, 2.05) is 0 Å². The van der Waals surface area contributed by atoms with Crippen LogP contribution < -0.4 is 11.4 Å². The molecule has 4 aromatic rings. The molecule has 0 aliphatic carbocycles. The van der Waals surface area contributed by atoms with Crippen LogP contribution in [0.25, 0.3) is 0 Å². The van der Waals surface area contributed by atoms with Gasteiger partial charge in [0.15, 0.2) is 24.7 Å². The Hall–Kier alpha value is -5.52. The summed E-state index contributed by atoms with van der Waals surface area (Å²) in [7, 11) is 0. The van der Waals surface area contributed by atoms with Crippen LogP contribution in [0, 0.1) is 0 Å². The normalized spacial score (nSPS) is 25.9. The molecule has 0 spiro atoms. The van der Waals surface area contributed by atoms with Crippen molar-refractivity contribution in [2.24, 2.45) is 0 Å². The molecule has 16 nitrogen and oxygen atoms in total. The molecule has 0 bridgehead atoms. The van der Waals surface area contributed by atoms with Gasteiger partial charge in [0.2, 0.25) is 5.95 Å². The Morgan fingerprint density at radius 3 is 1.82 bits per heavy atom. The smallest absolute Gasteiger partial charge is 0.354 e. The minimum Gasteiger partial charge on any atom is -0.459 e. The fourth-order valence-corrected chi connectivity index (χ4v) is 5.39. The lowest BCUT2D eigenvalue weighted by molar-refractivity contribution is -0.191. The monoisotopic (exact) mass is 688 g/mol. The molecular formula is C34H32N4O12. The summed E-state index contributed by atoms with van der Waals surface area (Å²) in [5.74, 6) is -2.56. The van der Waals surface area contributed by atoms with Crippen molar-refractivity contribution in [3.8, 4) is 0 Å². The summed E-state index contributed by atoms with van der Waals surface area (Å²) >= 11 is 0. The van der Waals surface area contributed by atoms with Gasteiger partial charge in [-0.3, -0.25) is 4.57 Å². The van der Waals surface area contributed by atoms with Crippen molar-refractivity contribution in [3.05, 3.63) is 124 Å². The van der Waals surface area contributed by atoms with E-state index in [0.29, 0.717) is 0 Å². The lowest BCUT2D eigenvalue weighted by Gasteiger charge is -2.25. The zero-order valence-electron chi connectivity index (χ0n) is 26.2. The first-order chi connectivity index (χ1) is 24.2. The average Bonchev–Trinajstić information content (AvgIpc) is 3.61. The van der Waals surface area contributed by atoms with Gasteiger partial charge in [0, 0.05) is 0 Å². The molecule has 3 heterocycles. The third-order valence-electron chi connectivity index (χ3n) is 7.94. The average molecular weight is 689 g/mol. The van der Waals surface area contributed by atoms with Crippen molar-refractivity contribution in [1.29, 1.82) is 0 Å². The lowest BCUT2D eigenvalue weighted by Crippen LogP contribution is -2.43. The quantitative estimate of drug-likeness (QED) is 0.147. The van der Waals surface area contributed by atoms with E-state index in [0.717, 1.165) is 10.9 Å². The summed E-state index contributed by atoms with van der Waals surface area (Å²) in [6.07, 6.45) is -10.2. The van der Waals surface area contributed by atoms with Crippen LogP contribution in [0.3, 0.4) is 0 Å². The standard InChI is InChI=1S/C34H32N4O12/c35-33-36-18-38(34(44)37-33)28-25(40)24(39)22(47-28)16-46-32-27(50-31(43)21-14-8-3-9-15-21)26(49-30(42)20-12-6-2-7-13-20)23(48-32)17-45-29(41)19-10-4-1-5-11-19/h1-15,18,22-28,32,39-40H,16-17H2,(H2,35,37,44)/t22-,23+,24-,25-,26+,27+,28-,32+/m1/s1. The molecule has 260 valence electrons. The number of ether oxygens (including phenoxy) is 6. The second kappa shape index (κ2) is 15.4. The van der Waals surface area contributed by atoms with Crippen LogP contribution in [0.5, 0.6) is 0 Å². The molecule has 2 aliphatic heterocycles. The number of esters is 3. The maximum absolute atomic E-state index is 13.3. The van der Waals surface area contributed by atoms with Crippen LogP contribution in [0.15, 0.2) is 102 Å². The molecule has 16 heteroatoms. The van der Waals surface area contributed by atoms with E-state index in [9.17, 15) is 29.4 Å². The van der Waals surface area contributed by atoms with Gasteiger partial charge in [0.25, 0.3) is 0 Å². The van der Waals surface area contributed by atoms with E-state index in [-0.39, 0.29) is 22.6 Å². The molecule has 0 amide bonds. The van der Waals surface area contributed by atoms with Gasteiger partial charge in [0.1, 0.15) is 37.4 Å². The van der Waals surface area contributed by atoms with Gasteiger partial charge in [-0.2, -0.15) is 4.98 Å². The number of aliphatic hydroxyl groups is 2. The predicted molar refractivity (Wildman–Crippen MR) is 169 cm³/mol. The van der Waals surface area contributed by atoms with E-state index >= 15 is 0 Å². The highest BCUT2D eigenvalue weighted by molar-refractivity contribution is 5.91. The van der Waals surface area contributed by atoms with Crippen molar-refractivity contribution in [1.82, 2.24) is 14.5 Å². The molecule has 8 atom stereocenters. The maximum Gasteiger partial charge on any atom is 0.354 e. The number of benzene rings is 3. The minimum atomic E-state index is -1.60. The third-order valence-corrected chi connectivity index (χ3v) is 7.94. The van der Waals surface area contributed by atoms with Crippen LogP contribution in [-0.2, 0) is 28.4 Å². The molecule has 50 heavy (non-hydrogen) atoms. The van der Waals surface area contributed by atoms with Crippen molar-refractivity contribution < 1.29 is 53.0 Å². The Kier molecular flexibility index (Phi) is 10.5. The summed E-state index contributed by atoms with van der Waals surface area (Å²) in [5, 5.41) is 21.5. The topological polar surface area (TPSA) is 221 Å². The van der Waals surface area contributed by atoms with E-state index in [4.69, 9.17) is 34.2 Å². The number of rotatable bonds is 11. The summed E-state index contributed by atoms with van der Waals surface area (Å²) in [6, 6.07) is 24.2. The first kappa shape index (κ1) is 34.3. The number of hydrogen-bond donors (Lipinski definition) is 3. The summed E-state index contributed by atoms with van der Waals surface area (Å²) in [4.78, 5) is 59.0. The number of aliphatic hydroxyl groups excluding tert-OH is 2. The van der Waals surface area contributed by atoms with E-state index in [1.165, 1.54) is 24.3 Å². The van der Waals surface area contributed by atoms with Crippen molar-refractivity contribution in [3.63, 3.8) is 0 Å². The largest absolute Gasteiger partial charge is 0.459 e. The molecule has 0 unspecified atom stereocenters. The van der Waals surface area contributed by atoms with E-state index < -0.39 is 86.0 Å². The van der Waals surface area contributed by atoms with Crippen LogP contribution >= 0.6 is 0 Å². The van der Waals surface area contributed by atoms with E-state index in [2.05, 4.69) is 9.97 Å². The van der Waals surface area contributed by atoms with Crippen molar-refractivity contribution in [2.75, 3.05) is 18.9 Å². The van der Waals surface area contributed by atoms with E-state index in [1.54, 1.807) is 66.7 Å². The van der Waals surface area contributed by atoms with Crippen LogP contribution in [0.1, 0.15) is 37.3 Å². The Labute approximate surface area is 283 Å². The van der Waals surface area contributed by atoms with Gasteiger partial charge in [-0.15, -0.1) is 0 Å². The SMILES string of the molecule is Nc1ncn([C@@H]2O[C@H](CO[C@H]3O[C@@H](COC(=O)c4ccccc4)[C@H](OC(=O)c4ccccc4)[C@@H]3OC(=O)c3ccccc3)[C@@H](O)[C@H]2O)c(=O)n1. The zero-order valence-corrected chi connectivity index (χ0v) is 26.2. The molecule has 0 radical (unpaired) electrons. The molecule has 0 saturated carbocycles. The first-order valence-corrected chi connectivity index (χ1v) is 15.4. The highest BCUT2D eigenvalue weighted by atomic mass is 16.7. The highest BCUT2D eigenvalue weighted by Gasteiger charge is 2.52. The lowest BCUT2D eigenvalue weighted by atomic mass is 10.1. The molecule has 3 aromatic carbocycles. The zero-order chi connectivity index (χ0) is 35.2. The van der Waals surface area contributed by atoms with Gasteiger partial charge in [-0.1, -0.05) is 54.6 Å². The molecule has 2 saturated heterocycles. The highest BCUT2D eigenvalue weighted by Crippen LogP contribution is 2.33. The van der Waals surface area contributed by atoms with Gasteiger partial charge in [-0.05, 0) is 36.4 Å². The van der Waals surface area contributed by atoms with Gasteiger partial charge in [-0.25, -0.2) is 24.2 Å². The fraction of sp³-hybridized carbons (Fsp3) is 0.294. The molecule has 6 rings (SSSR count). The molecule has 2 aliphatic rings. The maximum atomic E-state index is 13.3. The van der Waals surface area contributed by atoms with Gasteiger partial charge in [0.05, 0.1) is 23.3 Å². The molecular weight excluding hydrogens is 656 g/mol. The number of carbonyl (C=O) groups excluding carboxylic acids is 3. The van der Waals surface area contributed by atoms with Gasteiger partial charge < -0.3 is 44.4 Å². The van der Waals surface area contributed by atoms with Crippen LogP contribution in [0.2, 0.25) is 0 Å². The molecule has 4 N–H and O–H groups in total. The number of nitrogen functional groups attached to an aromatic ring is 1. The van der Waals surface area contributed by atoms with Crippen LogP contribution in [0.4, 0.5) is 5.95 Å². The number of carbonyl (C=O) groups is 3. The molecule has 2 fully saturated rings. The Bertz CT molecular complexity index is 1850. The second-order valence-electron chi connectivity index (χ2n) is 11.3. The number of nitrogens with two attached hydrogens (primary N) is 1. The second-order valence-corrected chi connectivity index (χ2v) is 11.3. The number of nitrogens with zero attached hydrogens (tertiary/aromatic N) is 3. The third kappa shape index (κ3) is 7.69. The summed E-state index contributed by atoms with van der Waals surface area (Å²) in [5.41, 5.74) is 5.20. The number of aromatic nitrogens is 3. The minimum absolute atomic E-state index is 0.176. The molecule has 1 aromatic heterocycles. The van der Waals surface area contributed by atoms with Crippen molar-refractivity contribution >= 4 is 23.9 Å². The predicted octanol–water partition coefficient (Wildman–Crippen LogP) is 0.889. The van der Waals surface area contributed by atoms with Gasteiger partial charge >= 0.3 is 23.6 Å². The Morgan fingerprint density at radius 2 is 1.26 bits per heavy atom. The van der Waals surface area contributed by atoms with Crippen molar-refractivity contribution in [2.45, 2.75) is 49.1 Å². The number of anilines is 1. The summed E-state index contributed by atoms with van der Waals surface area (Å²) in [6.45, 7) is -0.914. The van der Waals surface area contributed by atoms with Crippen LogP contribution in [-0.4, -0.2) is 98.8 Å². The number of hydrogen-bond acceptors (Lipinski definition) is 15.